The third-order valence-electron chi connectivity index (χ3n) is 4.87. The number of nitro benzene ring substituents is 1. The van der Waals surface area contributed by atoms with Gasteiger partial charge in [0.05, 0.1) is 4.92 Å². The third-order valence-corrected chi connectivity index (χ3v) is 4.87. The molecule has 1 saturated heterocycles. The Labute approximate surface area is 158 Å². The Bertz CT molecular complexity index is 841. The highest BCUT2D eigenvalue weighted by Gasteiger charge is 2.25. The highest BCUT2D eigenvalue weighted by molar-refractivity contribution is 5.96. The fourth-order valence-electron chi connectivity index (χ4n) is 3.26. The minimum absolute atomic E-state index is 0.00876. The summed E-state index contributed by atoms with van der Waals surface area (Å²) >= 11 is 0. The van der Waals surface area contributed by atoms with Gasteiger partial charge in [-0.05, 0) is 18.6 Å². The molecule has 0 bridgehead atoms. The predicted octanol–water partition coefficient (Wildman–Crippen LogP) is 3.37. The first-order chi connectivity index (χ1) is 13.1. The molecular weight excluding hydrogens is 342 g/mol. The van der Waals surface area contributed by atoms with Crippen LogP contribution in [0.4, 0.5) is 5.69 Å². The second kappa shape index (κ2) is 8.60. The molecule has 0 saturated carbocycles. The maximum atomic E-state index is 12.8. The molecule has 0 unspecified atom stereocenters. The second-order valence-electron chi connectivity index (χ2n) is 6.61. The number of benzene rings is 2. The molecule has 0 N–H and O–H groups in total. The molecule has 1 aliphatic heterocycles. The van der Waals surface area contributed by atoms with Crippen molar-refractivity contribution < 1.29 is 9.72 Å². The van der Waals surface area contributed by atoms with Crippen molar-refractivity contribution in [2.24, 2.45) is 0 Å². The van der Waals surface area contributed by atoms with Crippen molar-refractivity contribution in [3.63, 3.8) is 0 Å². The number of rotatable bonds is 5. The smallest absolute Gasteiger partial charge is 0.273 e. The molecule has 27 heavy (non-hydrogen) atoms. The number of hydrogen-bond acceptors (Lipinski definition) is 4. The molecule has 1 heterocycles. The number of amides is 1. The minimum atomic E-state index is -0.441. The Morgan fingerprint density at radius 2 is 1.78 bits per heavy atom. The zero-order valence-electron chi connectivity index (χ0n) is 15.4. The average Bonchev–Trinajstić information content (AvgIpc) is 2.69. The lowest BCUT2D eigenvalue weighted by Crippen LogP contribution is -2.48. The summed E-state index contributed by atoms with van der Waals surface area (Å²) in [5.41, 5.74) is 2.01. The normalized spacial score (nSPS) is 15.2. The number of piperazine rings is 1. The van der Waals surface area contributed by atoms with E-state index in [2.05, 4.69) is 29.2 Å². The van der Waals surface area contributed by atoms with Gasteiger partial charge in [-0.2, -0.15) is 0 Å². The number of carbonyl (C=O) groups excluding carboxylic acids is 1. The van der Waals surface area contributed by atoms with Crippen LogP contribution < -0.4 is 0 Å². The van der Waals surface area contributed by atoms with Gasteiger partial charge in [-0.3, -0.25) is 19.8 Å². The second-order valence-corrected chi connectivity index (χ2v) is 6.61. The molecule has 0 atom stereocenters. The van der Waals surface area contributed by atoms with Crippen LogP contribution in [0, 0.1) is 17.0 Å². The monoisotopic (exact) mass is 365 g/mol. The maximum absolute atomic E-state index is 12.8. The molecule has 0 aromatic heterocycles. The standard InChI is InChI=1S/C21H23N3O3/c1-17-19(10-5-11-20(17)24(26)27)21(25)23-15-13-22(14-16-23)12-6-9-18-7-3-2-4-8-18/h2-11H,12-16H2,1H3/b9-6+. The summed E-state index contributed by atoms with van der Waals surface area (Å²) in [4.78, 5) is 27.5. The van der Waals surface area contributed by atoms with Crippen LogP contribution in [0.1, 0.15) is 21.5 Å². The molecule has 1 fully saturated rings. The summed E-state index contributed by atoms with van der Waals surface area (Å²) in [6, 6.07) is 14.8. The van der Waals surface area contributed by atoms with E-state index in [1.54, 1.807) is 24.0 Å². The minimum Gasteiger partial charge on any atom is -0.336 e. The summed E-state index contributed by atoms with van der Waals surface area (Å²) in [5.74, 6) is -0.129. The van der Waals surface area contributed by atoms with Crippen LogP contribution in [0.5, 0.6) is 0 Å². The fourth-order valence-corrected chi connectivity index (χ4v) is 3.26. The van der Waals surface area contributed by atoms with Crippen molar-refractivity contribution in [1.29, 1.82) is 0 Å². The van der Waals surface area contributed by atoms with Gasteiger partial charge in [-0.1, -0.05) is 48.6 Å². The van der Waals surface area contributed by atoms with Gasteiger partial charge >= 0.3 is 0 Å². The molecule has 6 heteroatoms. The zero-order chi connectivity index (χ0) is 19.2. The van der Waals surface area contributed by atoms with Gasteiger partial charge < -0.3 is 4.90 Å². The Hall–Kier alpha value is -2.99. The van der Waals surface area contributed by atoms with Crippen LogP contribution in [-0.4, -0.2) is 53.4 Å². The van der Waals surface area contributed by atoms with Crippen molar-refractivity contribution >= 4 is 17.7 Å². The van der Waals surface area contributed by atoms with Crippen LogP contribution in [-0.2, 0) is 0 Å². The van der Waals surface area contributed by atoms with E-state index >= 15 is 0 Å². The van der Waals surface area contributed by atoms with Gasteiger partial charge in [0.15, 0.2) is 0 Å². The summed E-state index contributed by atoms with van der Waals surface area (Å²) in [5, 5.41) is 11.1. The lowest BCUT2D eigenvalue weighted by molar-refractivity contribution is -0.385. The van der Waals surface area contributed by atoms with Crippen LogP contribution in [0.3, 0.4) is 0 Å². The van der Waals surface area contributed by atoms with E-state index in [1.807, 2.05) is 18.2 Å². The molecular formula is C21H23N3O3. The third kappa shape index (κ3) is 4.60. The van der Waals surface area contributed by atoms with E-state index in [0.29, 0.717) is 24.2 Å². The molecule has 1 amide bonds. The summed E-state index contributed by atoms with van der Waals surface area (Å²) < 4.78 is 0. The Kier molecular flexibility index (Phi) is 5.98. The van der Waals surface area contributed by atoms with E-state index in [-0.39, 0.29) is 11.6 Å². The van der Waals surface area contributed by atoms with Crippen molar-refractivity contribution in [3.8, 4) is 0 Å². The number of nitro groups is 1. The predicted molar refractivity (Wildman–Crippen MR) is 106 cm³/mol. The largest absolute Gasteiger partial charge is 0.336 e. The number of nitrogens with zero attached hydrogens (tertiary/aromatic N) is 3. The first-order valence-corrected chi connectivity index (χ1v) is 9.03. The van der Waals surface area contributed by atoms with Crippen molar-refractivity contribution in [3.05, 3.63) is 81.4 Å². The van der Waals surface area contributed by atoms with Crippen LogP contribution in [0.15, 0.2) is 54.6 Å². The zero-order valence-corrected chi connectivity index (χ0v) is 15.4. The summed E-state index contributed by atoms with van der Waals surface area (Å²) in [7, 11) is 0. The lowest BCUT2D eigenvalue weighted by atomic mass is 10.1. The van der Waals surface area contributed by atoms with E-state index < -0.39 is 4.92 Å². The van der Waals surface area contributed by atoms with Gasteiger partial charge in [0.2, 0.25) is 0 Å². The van der Waals surface area contributed by atoms with E-state index in [4.69, 9.17) is 0 Å². The van der Waals surface area contributed by atoms with Gasteiger partial charge in [-0.15, -0.1) is 0 Å². The first-order valence-electron chi connectivity index (χ1n) is 9.03. The molecule has 0 aliphatic carbocycles. The SMILES string of the molecule is Cc1c(C(=O)N2CCN(C/C=C/c3ccccc3)CC2)cccc1[N+](=O)[O-]. The molecule has 1 aliphatic rings. The highest BCUT2D eigenvalue weighted by atomic mass is 16.6. The molecule has 2 aromatic carbocycles. The quantitative estimate of drug-likeness (QED) is 0.602. The molecule has 140 valence electrons. The Morgan fingerprint density at radius 1 is 1.07 bits per heavy atom. The number of carbonyl (C=O) groups is 1. The van der Waals surface area contributed by atoms with Crippen LogP contribution >= 0.6 is 0 Å². The Balaban J connectivity index is 1.56. The van der Waals surface area contributed by atoms with Gasteiger partial charge in [0, 0.05) is 49.9 Å². The topological polar surface area (TPSA) is 66.7 Å². The Morgan fingerprint density at radius 3 is 2.44 bits per heavy atom. The molecule has 2 aromatic rings. The van der Waals surface area contributed by atoms with Gasteiger partial charge in [-0.25, -0.2) is 0 Å². The maximum Gasteiger partial charge on any atom is 0.273 e. The first kappa shape index (κ1) is 18.8. The lowest BCUT2D eigenvalue weighted by Gasteiger charge is -2.34. The van der Waals surface area contributed by atoms with E-state index in [0.717, 1.165) is 19.6 Å². The average molecular weight is 365 g/mol. The summed E-state index contributed by atoms with van der Waals surface area (Å²) in [6.07, 6.45) is 4.24. The van der Waals surface area contributed by atoms with Crippen molar-refractivity contribution in [2.75, 3.05) is 32.7 Å². The van der Waals surface area contributed by atoms with Crippen LogP contribution in [0.25, 0.3) is 6.08 Å². The van der Waals surface area contributed by atoms with Crippen LogP contribution in [0.2, 0.25) is 0 Å². The van der Waals surface area contributed by atoms with Gasteiger partial charge in [0.25, 0.3) is 11.6 Å². The molecule has 3 rings (SSSR count). The van der Waals surface area contributed by atoms with Crippen molar-refractivity contribution in [2.45, 2.75) is 6.92 Å². The van der Waals surface area contributed by atoms with Gasteiger partial charge in [0.1, 0.15) is 0 Å². The molecule has 6 nitrogen and oxygen atoms in total. The molecule has 0 spiro atoms. The van der Waals surface area contributed by atoms with Crippen molar-refractivity contribution in [1.82, 2.24) is 9.80 Å². The molecule has 0 radical (unpaired) electrons. The summed E-state index contributed by atoms with van der Waals surface area (Å²) in [6.45, 7) is 5.31. The van der Waals surface area contributed by atoms with E-state index in [9.17, 15) is 14.9 Å². The number of hydrogen-bond donors (Lipinski definition) is 0. The highest BCUT2D eigenvalue weighted by Crippen LogP contribution is 2.22. The van der Waals surface area contributed by atoms with E-state index in [1.165, 1.54) is 11.6 Å². The fraction of sp³-hybridized carbons (Fsp3) is 0.286.